The van der Waals surface area contributed by atoms with Crippen LogP contribution in [-0.2, 0) is 6.42 Å². The molecule has 28 heavy (non-hydrogen) atoms. The summed E-state index contributed by atoms with van der Waals surface area (Å²) in [6.45, 7) is 2.76. The van der Waals surface area contributed by atoms with Gasteiger partial charge < -0.3 is 20.5 Å². The van der Waals surface area contributed by atoms with Gasteiger partial charge in [0, 0.05) is 61.2 Å². The van der Waals surface area contributed by atoms with Crippen LogP contribution in [0.2, 0.25) is 5.02 Å². The molecule has 1 aliphatic rings. The van der Waals surface area contributed by atoms with E-state index in [0.29, 0.717) is 6.04 Å². The van der Waals surface area contributed by atoms with E-state index in [2.05, 4.69) is 42.6 Å². The lowest BCUT2D eigenvalue weighted by molar-refractivity contribution is 0.648. The van der Waals surface area contributed by atoms with Crippen LogP contribution in [0.1, 0.15) is 12.0 Å². The Balaban J connectivity index is 1.28. The Bertz CT molecular complexity index is 966. The first-order chi connectivity index (χ1) is 13.7. The normalized spacial score (nSPS) is 17.3. The summed E-state index contributed by atoms with van der Waals surface area (Å²) in [5, 5.41) is 8.93. The molecule has 1 aliphatic heterocycles. The number of fused-ring (bicyclic) bond motifs is 1. The largest absolute Gasteiger partial charge is 0.369 e. The van der Waals surface area contributed by atoms with Crippen LogP contribution in [0.5, 0.6) is 0 Å². The van der Waals surface area contributed by atoms with Crippen molar-refractivity contribution in [3.63, 3.8) is 0 Å². The molecule has 0 bridgehead atoms. The van der Waals surface area contributed by atoms with Crippen molar-refractivity contribution in [1.29, 1.82) is 0 Å². The first kappa shape index (κ1) is 18.6. The van der Waals surface area contributed by atoms with E-state index < -0.39 is 0 Å². The molecule has 4 rings (SSSR count). The fourth-order valence-electron chi connectivity index (χ4n) is 3.71. The predicted molar refractivity (Wildman–Crippen MR) is 116 cm³/mol. The predicted octanol–water partition coefficient (Wildman–Crippen LogP) is 3.20. The van der Waals surface area contributed by atoms with Gasteiger partial charge in [-0.2, -0.15) is 0 Å². The summed E-state index contributed by atoms with van der Waals surface area (Å²) in [4.78, 5) is 14.3. The van der Waals surface area contributed by atoms with Crippen molar-refractivity contribution in [2.45, 2.75) is 18.9 Å². The third-order valence-electron chi connectivity index (χ3n) is 5.15. The Kier molecular flexibility index (Phi) is 5.67. The molecule has 0 spiro atoms. The van der Waals surface area contributed by atoms with Crippen LogP contribution in [-0.4, -0.2) is 48.7 Å². The third-order valence-corrected chi connectivity index (χ3v) is 5.38. The van der Waals surface area contributed by atoms with Crippen LogP contribution in [0.15, 0.2) is 53.8 Å². The van der Waals surface area contributed by atoms with Gasteiger partial charge in [-0.15, -0.1) is 0 Å². The minimum absolute atomic E-state index is 0.363. The second-order valence-corrected chi connectivity index (χ2v) is 7.45. The monoisotopic (exact) mass is 396 g/mol. The van der Waals surface area contributed by atoms with Gasteiger partial charge in [0.2, 0.25) is 0 Å². The number of anilines is 1. The molecule has 3 heterocycles. The lowest BCUT2D eigenvalue weighted by Crippen LogP contribution is -2.45. The number of aromatic amines is 1. The molecule has 3 N–H and O–H groups in total. The molecule has 1 saturated heterocycles. The summed E-state index contributed by atoms with van der Waals surface area (Å²) in [5.74, 6) is 0.843. The maximum absolute atomic E-state index is 6.12. The van der Waals surface area contributed by atoms with Crippen molar-refractivity contribution >= 4 is 34.3 Å². The molecule has 2 aromatic heterocycles. The van der Waals surface area contributed by atoms with E-state index in [9.17, 15) is 0 Å². The van der Waals surface area contributed by atoms with Crippen molar-refractivity contribution in [3.8, 4) is 0 Å². The van der Waals surface area contributed by atoms with Crippen LogP contribution < -0.4 is 15.5 Å². The minimum Gasteiger partial charge on any atom is -0.369 e. The third kappa shape index (κ3) is 4.22. The quantitative estimate of drug-likeness (QED) is 0.457. The van der Waals surface area contributed by atoms with Crippen molar-refractivity contribution in [1.82, 2.24) is 20.6 Å². The first-order valence-electron chi connectivity index (χ1n) is 9.61. The number of nitrogens with one attached hydrogen (secondary N) is 3. The Hall–Kier alpha value is -2.73. The second-order valence-electron chi connectivity index (χ2n) is 7.02. The summed E-state index contributed by atoms with van der Waals surface area (Å²) in [6, 6.07) is 12.5. The van der Waals surface area contributed by atoms with Crippen molar-refractivity contribution in [2.75, 3.05) is 31.6 Å². The average Bonchev–Trinajstić information content (AvgIpc) is 3.35. The number of aliphatic imine (C=N–C) groups is 1. The van der Waals surface area contributed by atoms with Gasteiger partial charge in [0.1, 0.15) is 5.65 Å². The Morgan fingerprint density at radius 2 is 2.29 bits per heavy atom. The summed E-state index contributed by atoms with van der Waals surface area (Å²) >= 11 is 6.12. The van der Waals surface area contributed by atoms with Gasteiger partial charge in [0.15, 0.2) is 5.96 Å². The highest BCUT2D eigenvalue weighted by Crippen LogP contribution is 2.23. The SMILES string of the molecule is CN=C(NCCc1c[nH]c2ncccc12)NC1CCN(c2cccc(Cl)c2)C1. The number of pyridine rings is 1. The Morgan fingerprint density at radius 3 is 3.14 bits per heavy atom. The van der Waals surface area contributed by atoms with E-state index in [1.54, 1.807) is 6.20 Å². The summed E-state index contributed by atoms with van der Waals surface area (Å²) in [6.07, 6.45) is 5.82. The molecule has 1 aromatic carbocycles. The average molecular weight is 397 g/mol. The molecule has 0 radical (unpaired) electrons. The number of H-pyrrole nitrogens is 1. The van der Waals surface area contributed by atoms with Gasteiger partial charge >= 0.3 is 0 Å². The van der Waals surface area contributed by atoms with E-state index in [-0.39, 0.29) is 0 Å². The molecule has 7 heteroatoms. The van der Waals surface area contributed by atoms with Gasteiger partial charge in [-0.1, -0.05) is 17.7 Å². The maximum Gasteiger partial charge on any atom is 0.191 e. The van der Waals surface area contributed by atoms with Crippen molar-refractivity contribution in [2.24, 2.45) is 4.99 Å². The number of rotatable bonds is 5. The van der Waals surface area contributed by atoms with Crippen LogP contribution in [0.25, 0.3) is 11.0 Å². The molecule has 0 saturated carbocycles. The smallest absolute Gasteiger partial charge is 0.191 e. The fraction of sp³-hybridized carbons (Fsp3) is 0.333. The lowest BCUT2D eigenvalue weighted by atomic mass is 10.1. The van der Waals surface area contributed by atoms with E-state index >= 15 is 0 Å². The second kappa shape index (κ2) is 8.52. The summed E-state index contributed by atoms with van der Waals surface area (Å²) in [7, 11) is 1.81. The van der Waals surface area contributed by atoms with Gasteiger partial charge in [-0.25, -0.2) is 4.98 Å². The minimum atomic E-state index is 0.363. The maximum atomic E-state index is 6.12. The van der Waals surface area contributed by atoms with Crippen LogP contribution in [0.3, 0.4) is 0 Å². The molecular weight excluding hydrogens is 372 g/mol. The molecule has 3 aromatic rings. The molecule has 0 amide bonds. The molecule has 6 nitrogen and oxygen atoms in total. The molecular formula is C21H25ClN6. The topological polar surface area (TPSA) is 68.3 Å². The fourth-order valence-corrected chi connectivity index (χ4v) is 3.89. The van der Waals surface area contributed by atoms with Gasteiger partial charge in [-0.05, 0) is 48.7 Å². The van der Waals surface area contributed by atoms with Crippen LogP contribution >= 0.6 is 11.6 Å². The number of benzene rings is 1. The Labute approximate surface area is 170 Å². The highest BCUT2D eigenvalue weighted by atomic mass is 35.5. The standard InChI is InChI=1S/C21H25ClN6/c1-23-21(25-10-7-15-13-26-20-19(15)6-3-9-24-20)27-17-8-11-28(14-17)18-5-2-4-16(22)12-18/h2-6,9,12-13,17H,7-8,10-11,14H2,1H3,(H,24,26)(H2,23,25,27). The van der Waals surface area contributed by atoms with E-state index in [0.717, 1.165) is 49.1 Å². The summed E-state index contributed by atoms with van der Waals surface area (Å²) in [5.41, 5.74) is 3.37. The number of aromatic nitrogens is 2. The highest BCUT2D eigenvalue weighted by Gasteiger charge is 2.23. The Morgan fingerprint density at radius 1 is 1.36 bits per heavy atom. The molecule has 1 atom stereocenters. The zero-order valence-corrected chi connectivity index (χ0v) is 16.7. The van der Waals surface area contributed by atoms with Crippen molar-refractivity contribution < 1.29 is 0 Å². The number of hydrogen-bond acceptors (Lipinski definition) is 3. The zero-order chi connectivity index (χ0) is 19.3. The first-order valence-corrected chi connectivity index (χ1v) is 9.99. The van der Waals surface area contributed by atoms with Crippen molar-refractivity contribution in [3.05, 3.63) is 59.4 Å². The lowest BCUT2D eigenvalue weighted by Gasteiger charge is -2.20. The molecule has 146 valence electrons. The molecule has 1 fully saturated rings. The molecule has 0 aliphatic carbocycles. The number of nitrogens with zero attached hydrogens (tertiary/aromatic N) is 3. The van der Waals surface area contributed by atoms with Crippen LogP contribution in [0.4, 0.5) is 5.69 Å². The molecule has 1 unspecified atom stereocenters. The van der Waals surface area contributed by atoms with Gasteiger partial charge in [-0.3, -0.25) is 4.99 Å². The number of halogens is 1. The number of hydrogen-bond donors (Lipinski definition) is 3. The van der Waals surface area contributed by atoms with E-state index in [4.69, 9.17) is 11.6 Å². The van der Waals surface area contributed by atoms with E-state index in [1.165, 1.54) is 16.6 Å². The highest BCUT2D eigenvalue weighted by molar-refractivity contribution is 6.30. The zero-order valence-electron chi connectivity index (χ0n) is 16.0. The van der Waals surface area contributed by atoms with Gasteiger partial charge in [0.25, 0.3) is 0 Å². The van der Waals surface area contributed by atoms with Crippen LogP contribution in [0, 0.1) is 0 Å². The van der Waals surface area contributed by atoms with E-state index in [1.807, 2.05) is 37.5 Å². The van der Waals surface area contributed by atoms with Gasteiger partial charge in [0.05, 0.1) is 0 Å². The number of guanidine groups is 1. The summed E-state index contributed by atoms with van der Waals surface area (Å²) < 4.78 is 0.